The molecule has 2 aliphatic rings. The van der Waals surface area contributed by atoms with Gasteiger partial charge in [0.1, 0.15) is 0 Å². The van der Waals surface area contributed by atoms with Crippen molar-refractivity contribution in [2.24, 2.45) is 0 Å². The Hall–Kier alpha value is -1.20. The summed E-state index contributed by atoms with van der Waals surface area (Å²) in [7, 11) is 0. The summed E-state index contributed by atoms with van der Waals surface area (Å²) in [5, 5.41) is 0. The summed E-state index contributed by atoms with van der Waals surface area (Å²) in [6, 6.07) is 6.06. The first-order chi connectivity index (χ1) is 8.75. The summed E-state index contributed by atoms with van der Waals surface area (Å²) in [5.74, 6) is 0.706. The first-order valence-corrected chi connectivity index (χ1v) is 7.16. The van der Waals surface area contributed by atoms with Crippen LogP contribution in [0.5, 0.6) is 0 Å². The van der Waals surface area contributed by atoms with Crippen LogP contribution in [-0.2, 0) is 9.53 Å². The predicted octanol–water partition coefficient (Wildman–Crippen LogP) is 1.89. The van der Waals surface area contributed by atoms with Gasteiger partial charge in [0, 0.05) is 29.8 Å². The van der Waals surface area contributed by atoms with Crippen LogP contribution in [0.2, 0.25) is 0 Å². The van der Waals surface area contributed by atoms with Crippen molar-refractivity contribution in [1.82, 2.24) is 0 Å². The van der Waals surface area contributed by atoms with Gasteiger partial charge < -0.3 is 15.4 Å². The maximum Gasteiger partial charge on any atom is 0.237 e. The van der Waals surface area contributed by atoms with E-state index in [1.54, 1.807) is 11.8 Å². The maximum atomic E-state index is 12.2. The number of anilines is 2. The smallest absolute Gasteiger partial charge is 0.237 e. The van der Waals surface area contributed by atoms with Gasteiger partial charge in [0.15, 0.2) is 0 Å². The average molecular weight is 264 g/mol. The number of nitrogens with zero attached hydrogens (tertiary/aromatic N) is 1. The van der Waals surface area contributed by atoms with E-state index in [0.717, 1.165) is 42.3 Å². The molecule has 1 amide bonds. The van der Waals surface area contributed by atoms with Crippen molar-refractivity contribution in [3.63, 3.8) is 0 Å². The Morgan fingerprint density at radius 2 is 2.11 bits per heavy atom. The van der Waals surface area contributed by atoms with Crippen LogP contribution in [-0.4, -0.2) is 30.9 Å². The van der Waals surface area contributed by atoms with E-state index in [0.29, 0.717) is 5.75 Å². The number of thioether (sulfide) groups is 1. The monoisotopic (exact) mass is 264 g/mol. The number of carbonyl (C=O) groups excluding carboxylic acids is 1. The summed E-state index contributed by atoms with van der Waals surface area (Å²) in [6.45, 7) is 1.48. The van der Waals surface area contributed by atoms with Crippen LogP contribution in [0.1, 0.15) is 12.8 Å². The molecule has 2 heterocycles. The first kappa shape index (κ1) is 11.9. The number of nitrogens with two attached hydrogens (primary N) is 1. The lowest BCUT2D eigenvalue weighted by molar-refractivity contribution is -0.117. The Bertz CT molecular complexity index is 472. The van der Waals surface area contributed by atoms with E-state index in [1.165, 1.54) is 0 Å². The van der Waals surface area contributed by atoms with Crippen molar-refractivity contribution < 1.29 is 9.53 Å². The molecule has 0 aliphatic carbocycles. The van der Waals surface area contributed by atoms with E-state index in [4.69, 9.17) is 10.5 Å². The summed E-state index contributed by atoms with van der Waals surface area (Å²) >= 11 is 1.58. The number of ether oxygens (including phenoxy) is 1. The average Bonchev–Trinajstić information content (AvgIpc) is 2.40. The van der Waals surface area contributed by atoms with Crippen LogP contribution in [0.4, 0.5) is 11.4 Å². The summed E-state index contributed by atoms with van der Waals surface area (Å²) in [4.78, 5) is 15.2. The minimum absolute atomic E-state index is 0.198. The molecule has 1 aromatic rings. The molecule has 1 aromatic carbocycles. The Kier molecular flexibility index (Phi) is 3.18. The molecule has 96 valence electrons. The highest BCUT2D eigenvalue weighted by Gasteiger charge is 2.31. The third-order valence-corrected chi connectivity index (χ3v) is 4.45. The Balaban J connectivity index is 1.95. The van der Waals surface area contributed by atoms with Crippen LogP contribution in [0.25, 0.3) is 0 Å². The van der Waals surface area contributed by atoms with E-state index in [1.807, 2.05) is 23.1 Å². The van der Waals surface area contributed by atoms with Gasteiger partial charge in [-0.05, 0) is 31.0 Å². The second kappa shape index (κ2) is 4.82. The molecule has 0 unspecified atom stereocenters. The summed E-state index contributed by atoms with van der Waals surface area (Å²) < 4.78 is 5.37. The Morgan fingerprint density at radius 1 is 1.33 bits per heavy atom. The van der Waals surface area contributed by atoms with Crippen molar-refractivity contribution in [3.8, 4) is 0 Å². The van der Waals surface area contributed by atoms with E-state index in [2.05, 4.69) is 0 Å². The van der Waals surface area contributed by atoms with Crippen molar-refractivity contribution in [2.75, 3.05) is 29.6 Å². The minimum Gasteiger partial charge on any atom is -0.399 e. The van der Waals surface area contributed by atoms with Gasteiger partial charge in [-0.2, -0.15) is 0 Å². The number of hydrogen-bond donors (Lipinski definition) is 1. The first-order valence-electron chi connectivity index (χ1n) is 6.18. The molecule has 5 heteroatoms. The van der Waals surface area contributed by atoms with Crippen molar-refractivity contribution in [2.45, 2.75) is 23.8 Å². The standard InChI is InChI=1S/C13H16N2O2S/c14-9-1-2-11-12(7-9)18-8-13(16)15(11)10-3-5-17-6-4-10/h1-2,7,10H,3-6,8,14H2. The van der Waals surface area contributed by atoms with Crippen LogP contribution < -0.4 is 10.6 Å². The van der Waals surface area contributed by atoms with Gasteiger partial charge in [-0.3, -0.25) is 4.79 Å². The number of carbonyl (C=O) groups is 1. The molecule has 2 aliphatic heterocycles. The second-order valence-corrected chi connectivity index (χ2v) is 5.64. The van der Waals surface area contributed by atoms with Crippen LogP contribution >= 0.6 is 11.8 Å². The largest absolute Gasteiger partial charge is 0.399 e. The SMILES string of the molecule is Nc1ccc2c(c1)SCC(=O)N2C1CCOCC1. The zero-order chi connectivity index (χ0) is 12.5. The molecule has 0 radical (unpaired) electrons. The molecule has 18 heavy (non-hydrogen) atoms. The number of rotatable bonds is 1. The molecule has 4 nitrogen and oxygen atoms in total. The fourth-order valence-electron chi connectivity index (χ4n) is 2.53. The molecule has 1 fully saturated rings. The quantitative estimate of drug-likeness (QED) is 0.787. The highest BCUT2D eigenvalue weighted by atomic mass is 32.2. The van der Waals surface area contributed by atoms with Gasteiger partial charge in [0.2, 0.25) is 5.91 Å². The molecule has 0 bridgehead atoms. The van der Waals surface area contributed by atoms with Crippen LogP contribution in [0.3, 0.4) is 0 Å². The molecule has 2 N–H and O–H groups in total. The van der Waals surface area contributed by atoms with Gasteiger partial charge in [-0.25, -0.2) is 0 Å². The van der Waals surface area contributed by atoms with Crippen molar-refractivity contribution >= 4 is 29.0 Å². The number of nitrogen functional groups attached to an aromatic ring is 1. The lowest BCUT2D eigenvalue weighted by Crippen LogP contribution is -2.46. The second-order valence-electron chi connectivity index (χ2n) is 4.62. The highest BCUT2D eigenvalue weighted by Crippen LogP contribution is 2.38. The zero-order valence-electron chi connectivity index (χ0n) is 10.1. The molecule has 1 saturated heterocycles. The van der Waals surface area contributed by atoms with Crippen LogP contribution in [0.15, 0.2) is 23.1 Å². The Labute approximate surface area is 110 Å². The highest BCUT2D eigenvalue weighted by molar-refractivity contribution is 8.00. The Morgan fingerprint density at radius 3 is 2.89 bits per heavy atom. The van der Waals surface area contributed by atoms with Gasteiger partial charge in [-0.15, -0.1) is 11.8 Å². The van der Waals surface area contributed by atoms with E-state index < -0.39 is 0 Å². The van der Waals surface area contributed by atoms with Crippen molar-refractivity contribution in [1.29, 1.82) is 0 Å². The molecule has 0 aromatic heterocycles. The minimum atomic E-state index is 0.198. The molecule has 0 spiro atoms. The maximum absolute atomic E-state index is 12.2. The fourth-order valence-corrected chi connectivity index (χ4v) is 3.48. The number of amides is 1. The van der Waals surface area contributed by atoms with Gasteiger partial charge in [0.25, 0.3) is 0 Å². The van der Waals surface area contributed by atoms with E-state index in [9.17, 15) is 4.79 Å². The molecule has 0 saturated carbocycles. The molecular weight excluding hydrogens is 248 g/mol. The van der Waals surface area contributed by atoms with Gasteiger partial charge >= 0.3 is 0 Å². The number of fused-ring (bicyclic) bond motifs is 1. The van der Waals surface area contributed by atoms with E-state index in [-0.39, 0.29) is 11.9 Å². The third kappa shape index (κ3) is 2.08. The van der Waals surface area contributed by atoms with Crippen LogP contribution in [0, 0.1) is 0 Å². The summed E-state index contributed by atoms with van der Waals surface area (Å²) in [6.07, 6.45) is 1.83. The zero-order valence-corrected chi connectivity index (χ0v) is 10.9. The molecule has 3 rings (SSSR count). The van der Waals surface area contributed by atoms with Gasteiger partial charge in [0.05, 0.1) is 11.4 Å². The third-order valence-electron chi connectivity index (χ3n) is 3.42. The fraction of sp³-hybridized carbons (Fsp3) is 0.462. The number of benzene rings is 1. The number of hydrogen-bond acceptors (Lipinski definition) is 4. The molecular formula is C13H16N2O2S. The normalized spacial score (nSPS) is 20.9. The lowest BCUT2D eigenvalue weighted by atomic mass is 10.1. The molecule has 0 atom stereocenters. The van der Waals surface area contributed by atoms with E-state index >= 15 is 0 Å². The topological polar surface area (TPSA) is 55.6 Å². The summed E-state index contributed by atoms with van der Waals surface area (Å²) in [5.41, 5.74) is 7.57. The van der Waals surface area contributed by atoms with Gasteiger partial charge in [-0.1, -0.05) is 0 Å². The van der Waals surface area contributed by atoms with Crippen molar-refractivity contribution in [3.05, 3.63) is 18.2 Å². The lowest BCUT2D eigenvalue weighted by Gasteiger charge is -2.37. The predicted molar refractivity (Wildman–Crippen MR) is 72.9 cm³/mol.